The Hall–Kier alpha value is -1.91. The van der Waals surface area contributed by atoms with Crippen LogP contribution in [-0.2, 0) is 18.4 Å². The van der Waals surface area contributed by atoms with Gasteiger partial charge in [-0.2, -0.15) is 40.4 Å². The van der Waals surface area contributed by atoms with E-state index >= 15 is 0 Å². The van der Waals surface area contributed by atoms with E-state index in [4.69, 9.17) is 6.58 Å². The summed E-state index contributed by atoms with van der Waals surface area (Å²) in [5, 5.41) is 11.8. The van der Waals surface area contributed by atoms with Crippen LogP contribution in [0.4, 0.5) is 0 Å². The summed E-state index contributed by atoms with van der Waals surface area (Å²) < 4.78 is 2.50. The molecule has 6 nitrogen and oxygen atoms in total. The van der Waals surface area contributed by atoms with Gasteiger partial charge >= 0.3 is 18.9 Å². The number of hydrogen-bond acceptors (Lipinski definition) is 4. The molecule has 2 aliphatic carbocycles. The number of carbonyl (C=O) groups excluding carboxylic acids is 1. The monoisotopic (exact) mass is 527 g/mol. The smallest absolute Gasteiger partial charge is 0.417 e. The van der Waals surface area contributed by atoms with Crippen molar-refractivity contribution in [2.75, 3.05) is 0 Å². The van der Waals surface area contributed by atoms with E-state index in [-0.39, 0.29) is 18.9 Å². The Labute approximate surface area is 228 Å². The van der Waals surface area contributed by atoms with Crippen molar-refractivity contribution in [3.05, 3.63) is 77.6 Å². The predicted octanol–water partition coefficient (Wildman–Crippen LogP) is 2.22. The molecule has 5 rings (SSSR count). The van der Waals surface area contributed by atoms with Gasteiger partial charge in [0.2, 0.25) is 0 Å². The van der Waals surface area contributed by atoms with E-state index in [9.17, 15) is 4.79 Å². The molecule has 0 unspecified atom stereocenters. The van der Waals surface area contributed by atoms with Crippen LogP contribution in [0.5, 0.6) is 0 Å². The molecule has 1 atom stereocenters. The summed E-state index contributed by atoms with van der Waals surface area (Å²) in [5.74, 6) is 2.18. The number of nitrogens with zero attached hydrogens (tertiary/aromatic N) is 3. The van der Waals surface area contributed by atoms with Crippen LogP contribution in [0.3, 0.4) is 0 Å². The molecule has 3 aromatic rings. The van der Waals surface area contributed by atoms with E-state index in [1.165, 1.54) is 50.5 Å². The Kier molecular flexibility index (Phi) is 10.6. The second kappa shape index (κ2) is 13.4. The first-order valence-electron chi connectivity index (χ1n) is 12.0. The molecule has 0 bridgehead atoms. The van der Waals surface area contributed by atoms with Gasteiger partial charge in [0.15, 0.2) is 0 Å². The van der Waals surface area contributed by atoms with Crippen molar-refractivity contribution >= 4 is 26.7 Å². The Bertz CT molecular complexity index is 1090. The molecule has 0 radical (unpaired) electrons. The molecule has 2 fully saturated rings. The molecule has 0 amide bonds. The Balaban J connectivity index is 0.000000190. The zero-order chi connectivity index (χ0) is 23.9. The molecule has 2 aromatic heterocycles. The Morgan fingerprint density at radius 2 is 2.11 bits per heavy atom. The number of H-pyrrole nitrogens is 1. The van der Waals surface area contributed by atoms with Crippen molar-refractivity contribution in [2.45, 2.75) is 63.5 Å². The van der Waals surface area contributed by atoms with Gasteiger partial charge in [-0.25, -0.2) is 0 Å². The van der Waals surface area contributed by atoms with Crippen molar-refractivity contribution in [3.8, 4) is 0 Å². The van der Waals surface area contributed by atoms with Crippen LogP contribution in [0.15, 0.2) is 36.7 Å². The second-order valence-corrected chi connectivity index (χ2v) is 10.1. The molecule has 1 aromatic carbocycles. The molecule has 0 spiro atoms. The standard InChI is InChI=1S/C14H16N3.C13H15BrN2O.Li/c1-17-10-15-16-14(17)13(12-8-5-9-12)11-6-3-2-4-7-11;1-9(14)12-6-11(16-13(12)8-17)7-15-10-4-2-3-5-10;/h2-3,6-7,10,12-13H,5,8-9H2,1H3;1,6,10,15-16H,2-5,7H2;/q-1;-2;+1/t13-;;/m0../s1. The molecule has 2 N–H and O–H groups in total. The minimum Gasteiger partial charge on any atom is -0.417 e. The summed E-state index contributed by atoms with van der Waals surface area (Å²) in [6.45, 7) is 6.37. The van der Waals surface area contributed by atoms with Gasteiger partial charge in [0.1, 0.15) is 12.2 Å². The molecule has 2 aliphatic rings. The third kappa shape index (κ3) is 7.07. The largest absolute Gasteiger partial charge is 1.00 e. The summed E-state index contributed by atoms with van der Waals surface area (Å²) in [4.78, 5) is 13.8. The van der Waals surface area contributed by atoms with Gasteiger partial charge < -0.3 is 19.7 Å². The SMILES string of the molecule is Cn1cnnc1[C@@H](c1c[c-]ccc1)C1CCC1.[CH-]=C(Br)c1cc(CNC2CCCC2)[nH]c1[C-]=O.[Li+]. The van der Waals surface area contributed by atoms with Crippen LogP contribution in [0.2, 0.25) is 0 Å². The van der Waals surface area contributed by atoms with Gasteiger partial charge in [-0.05, 0) is 18.8 Å². The zero-order valence-corrected chi connectivity index (χ0v) is 22.1. The summed E-state index contributed by atoms with van der Waals surface area (Å²) >= 11 is 3.18. The minimum absolute atomic E-state index is 0. The fourth-order valence-electron chi connectivity index (χ4n) is 4.84. The van der Waals surface area contributed by atoms with Crippen molar-refractivity contribution < 1.29 is 23.7 Å². The van der Waals surface area contributed by atoms with E-state index < -0.39 is 0 Å². The van der Waals surface area contributed by atoms with Gasteiger partial charge in [0.25, 0.3) is 0 Å². The number of aromatic amines is 1. The van der Waals surface area contributed by atoms with Crippen LogP contribution in [0, 0.1) is 18.6 Å². The molecule has 2 heterocycles. The summed E-state index contributed by atoms with van der Waals surface area (Å²) in [7, 11) is 2.02. The van der Waals surface area contributed by atoms with Gasteiger partial charge in [-0.15, -0.1) is 21.8 Å². The second-order valence-electron chi connectivity index (χ2n) is 9.20. The molecule has 8 heteroatoms. The average molecular weight is 528 g/mol. The predicted molar refractivity (Wildman–Crippen MR) is 137 cm³/mol. The van der Waals surface area contributed by atoms with Crippen molar-refractivity contribution in [2.24, 2.45) is 13.0 Å². The van der Waals surface area contributed by atoms with Gasteiger partial charge in [0, 0.05) is 37.5 Å². The third-order valence-corrected chi connectivity index (χ3v) is 7.33. The molecular weight excluding hydrogens is 497 g/mol. The fraction of sp³-hybridized carbons (Fsp3) is 0.444. The van der Waals surface area contributed by atoms with Crippen LogP contribution in [0.1, 0.15) is 79.2 Å². The number of aryl methyl sites for hydroxylation is 1. The van der Waals surface area contributed by atoms with Crippen molar-refractivity contribution in [1.82, 2.24) is 25.1 Å². The van der Waals surface area contributed by atoms with E-state index in [0.717, 1.165) is 18.1 Å². The van der Waals surface area contributed by atoms with E-state index in [2.05, 4.69) is 60.7 Å². The van der Waals surface area contributed by atoms with E-state index in [1.807, 2.05) is 30.0 Å². The topological polar surface area (TPSA) is 75.6 Å². The van der Waals surface area contributed by atoms with E-state index in [1.54, 1.807) is 6.33 Å². The van der Waals surface area contributed by atoms with Gasteiger partial charge in [0.05, 0.1) is 0 Å². The number of nitrogens with one attached hydrogen (secondary N) is 2. The van der Waals surface area contributed by atoms with Crippen molar-refractivity contribution in [1.29, 1.82) is 0 Å². The normalized spacial score (nSPS) is 16.5. The van der Waals surface area contributed by atoms with Crippen LogP contribution >= 0.6 is 15.9 Å². The summed E-state index contributed by atoms with van der Waals surface area (Å²) in [5.41, 5.74) is 3.37. The van der Waals surface area contributed by atoms with E-state index in [0.29, 0.717) is 33.6 Å². The summed E-state index contributed by atoms with van der Waals surface area (Å²) in [6, 6.07) is 13.9. The quantitative estimate of drug-likeness (QED) is 0.348. The van der Waals surface area contributed by atoms with Crippen LogP contribution in [-0.4, -0.2) is 32.1 Å². The van der Waals surface area contributed by atoms with Gasteiger partial charge in [-0.3, -0.25) is 6.58 Å². The third-order valence-electron chi connectivity index (χ3n) is 6.91. The van der Waals surface area contributed by atoms with Crippen molar-refractivity contribution in [3.63, 3.8) is 0 Å². The zero-order valence-electron chi connectivity index (χ0n) is 20.6. The van der Waals surface area contributed by atoms with Gasteiger partial charge in [-0.1, -0.05) is 53.7 Å². The Morgan fingerprint density at radius 1 is 1.34 bits per heavy atom. The maximum absolute atomic E-state index is 10.7. The molecule has 35 heavy (non-hydrogen) atoms. The Morgan fingerprint density at radius 3 is 2.63 bits per heavy atom. The molecule has 180 valence electrons. The number of rotatable bonds is 8. The number of aromatic nitrogens is 4. The molecular formula is C27H31BrLiN5O-2. The first kappa shape index (κ1) is 27.7. The number of hydrogen-bond donors (Lipinski definition) is 2. The molecule has 0 aliphatic heterocycles. The maximum Gasteiger partial charge on any atom is 1.00 e. The minimum atomic E-state index is 0. The van der Waals surface area contributed by atoms with Crippen LogP contribution < -0.4 is 24.2 Å². The molecule has 2 saturated carbocycles. The summed E-state index contributed by atoms with van der Waals surface area (Å²) in [6.07, 6.45) is 12.7. The fourth-order valence-corrected chi connectivity index (χ4v) is 5.15. The van der Waals surface area contributed by atoms with Crippen LogP contribution in [0.25, 0.3) is 4.48 Å². The number of halogens is 1. The molecule has 0 saturated heterocycles. The first-order chi connectivity index (χ1) is 16.6. The number of benzene rings is 1. The average Bonchev–Trinajstić information content (AvgIpc) is 3.57. The first-order valence-corrected chi connectivity index (χ1v) is 12.8. The maximum atomic E-state index is 10.7.